The Bertz CT molecular complexity index is 830. The van der Waals surface area contributed by atoms with Crippen molar-refractivity contribution >= 4 is 22.6 Å². The average Bonchev–Trinajstić information content (AvgIpc) is 3.03. The molecule has 2 fully saturated rings. The van der Waals surface area contributed by atoms with Gasteiger partial charge in [-0.1, -0.05) is 0 Å². The van der Waals surface area contributed by atoms with Crippen LogP contribution < -0.4 is 10.2 Å². The molecule has 132 valence electrons. The number of anilines is 1. The van der Waals surface area contributed by atoms with Crippen molar-refractivity contribution < 1.29 is 9.18 Å². The number of halogens is 1. The van der Waals surface area contributed by atoms with Gasteiger partial charge in [0.25, 0.3) is 0 Å². The van der Waals surface area contributed by atoms with Crippen LogP contribution in [0.15, 0.2) is 18.2 Å². The Hall–Kier alpha value is -2.37. The Morgan fingerprint density at radius 2 is 1.96 bits per heavy atom. The molecule has 6 heteroatoms. The molecule has 0 radical (unpaired) electrons. The lowest BCUT2D eigenvalue weighted by atomic mass is 9.99. The topological polar surface area (TPSA) is 48.5 Å². The monoisotopic (exact) mass is 342 g/mol. The smallest absolute Gasteiger partial charge is 0.317 e. The SMILES string of the molecule is Cc1nc2ccc(F)cc2c(N2CCC(N3CCNC3=O)CC2)c1C. The third-order valence-electron chi connectivity index (χ3n) is 5.51. The number of piperidine rings is 1. The Kier molecular flexibility index (Phi) is 3.98. The van der Waals surface area contributed by atoms with Crippen molar-refractivity contribution in [3.8, 4) is 0 Å². The number of carbonyl (C=O) groups is 1. The van der Waals surface area contributed by atoms with E-state index < -0.39 is 0 Å². The Balaban J connectivity index is 1.63. The number of pyridine rings is 1. The molecule has 25 heavy (non-hydrogen) atoms. The first-order chi connectivity index (χ1) is 12.0. The first-order valence-electron chi connectivity index (χ1n) is 8.90. The second-order valence-electron chi connectivity index (χ2n) is 6.98. The molecular weight excluding hydrogens is 319 g/mol. The van der Waals surface area contributed by atoms with Crippen LogP contribution in [0.3, 0.4) is 0 Å². The van der Waals surface area contributed by atoms with Gasteiger partial charge in [0.2, 0.25) is 0 Å². The first-order valence-corrected chi connectivity index (χ1v) is 8.90. The number of carbonyl (C=O) groups excluding carboxylic acids is 1. The van der Waals surface area contributed by atoms with Crippen LogP contribution in [0.1, 0.15) is 24.1 Å². The van der Waals surface area contributed by atoms with Gasteiger partial charge in [0.15, 0.2) is 0 Å². The van der Waals surface area contributed by atoms with E-state index in [-0.39, 0.29) is 11.8 Å². The second kappa shape index (κ2) is 6.17. The largest absolute Gasteiger partial charge is 0.371 e. The van der Waals surface area contributed by atoms with Crippen LogP contribution in [0.25, 0.3) is 10.9 Å². The molecule has 2 aliphatic heterocycles. The number of hydrogen-bond donors (Lipinski definition) is 1. The van der Waals surface area contributed by atoms with Gasteiger partial charge >= 0.3 is 6.03 Å². The summed E-state index contributed by atoms with van der Waals surface area (Å²) in [6.45, 7) is 7.33. The number of nitrogens with zero attached hydrogens (tertiary/aromatic N) is 3. The van der Waals surface area contributed by atoms with Gasteiger partial charge in [0, 0.05) is 43.3 Å². The predicted molar refractivity (Wildman–Crippen MR) is 96.5 cm³/mol. The summed E-state index contributed by atoms with van der Waals surface area (Å²) in [5.74, 6) is -0.234. The lowest BCUT2D eigenvalue weighted by molar-refractivity contribution is 0.186. The van der Waals surface area contributed by atoms with Crippen molar-refractivity contribution in [1.29, 1.82) is 0 Å². The van der Waals surface area contributed by atoms with E-state index >= 15 is 0 Å². The van der Waals surface area contributed by atoms with E-state index in [4.69, 9.17) is 0 Å². The fraction of sp³-hybridized carbons (Fsp3) is 0.474. The van der Waals surface area contributed by atoms with E-state index in [1.165, 1.54) is 6.07 Å². The third-order valence-corrected chi connectivity index (χ3v) is 5.51. The van der Waals surface area contributed by atoms with Crippen molar-refractivity contribution in [2.75, 3.05) is 31.1 Å². The Labute approximate surface area is 146 Å². The summed E-state index contributed by atoms with van der Waals surface area (Å²) in [5.41, 5.74) is 4.01. The minimum atomic E-state index is -0.234. The van der Waals surface area contributed by atoms with Crippen LogP contribution in [0.4, 0.5) is 14.9 Å². The molecule has 3 heterocycles. The standard InChI is InChI=1S/C19H23FN4O/c1-12-13(2)22-17-4-3-14(20)11-16(17)18(12)23-8-5-15(6-9-23)24-10-7-21-19(24)25/h3-4,11,15H,5-10H2,1-2H3,(H,21,25). The van der Waals surface area contributed by atoms with Gasteiger partial charge in [-0.25, -0.2) is 9.18 Å². The molecule has 5 nitrogen and oxygen atoms in total. The maximum absolute atomic E-state index is 13.8. The van der Waals surface area contributed by atoms with Gasteiger partial charge in [0.1, 0.15) is 5.82 Å². The molecule has 0 saturated carbocycles. The summed E-state index contributed by atoms with van der Waals surface area (Å²) in [4.78, 5) is 20.8. The normalized spacial score (nSPS) is 18.9. The zero-order valence-electron chi connectivity index (χ0n) is 14.7. The van der Waals surface area contributed by atoms with Gasteiger partial charge in [-0.3, -0.25) is 4.98 Å². The highest BCUT2D eigenvalue weighted by atomic mass is 19.1. The molecule has 1 N–H and O–H groups in total. The zero-order valence-corrected chi connectivity index (χ0v) is 14.7. The van der Waals surface area contributed by atoms with E-state index in [2.05, 4.69) is 22.1 Å². The highest BCUT2D eigenvalue weighted by Crippen LogP contribution is 2.34. The van der Waals surface area contributed by atoms with Crippen LogP contribution in [-0.4, -0.2) is 48.1 Å². The van der Waals surface area contributed by atoms with E-state index in [1.807, 2.05) is 11.8 Å². The molecule has 0 aliphatic carbocycles. The van der Waals surface area contributed by atoms with E-state index in [1.54, 1.807) is 12.1 Å². The lowest BCUT2D eigenvalue weighted by Crippen LogP contribution is -2.46. The number of hydrogen-bond acceptors (Lipinski definition) is 3. The maximum Gasteiger partial charge on any atom is 0.317 e. The molecule has 0 bridgehead atoms. The molecule has 1 aromatic carbocycles. The van der Waals surface area contributed by atoms with E-state index in [0.717, 1.165) is 66.9 Å². The van der Waals surface area contributed by atoms with Crippen LogP contribution in [-0.2, 0) is 0 Å². The molecule has 2 saturated heterocycles. The van der Waals surface area contributed by atoms with Crippen molar-refractivity contribution in [1.82, 2.24) is 15.2 Å². The molecule has 1 aromatic heterocycles. The number of benzene rings is 1. The minimum absolute atomic E-state index is 0.0573. The molecule has 2 aromatic rings. The summed E-state index contributed by atoms with van der Waals surface area (Å²) in [7, 11) is 0. The van der Waals surface area contributed by atoms with E-state index in [0.29, 0.717) is 6.04 Å². The summed E-state index contributed by atoms with van der Waals surface area (Å²) in [5, 5.41) is 3.76. The van der Waals surface area contributed by atoms with Gasteiger partial charge in [-0.2, -0.15) is 0 Å². The Morgan fingerprint density at radius 3 is 2.64 bits per heavy atom. The van der Waals surface area contributed by atoms with Crippen molar-refractivity contribution in [2.24, 2.45) is 0 Å². The molecule has 2 aliphatic rings. The summed E-state index contributed by atoms with van der Waals surface area (Å²) in [6, 6.07) is 5.16. The van der Waals surface area contributed by atoms with Crippen LogP contribution in [0, 0.1) is 19.7 Å². The molecule has 2 amide bonds. The van der Waals surface area contributed by atoms with Crippen molar-refractivity contribution in [3.63, 3.8) is 0 Å². The fourth-order valence-corrected chi connectivity index (χ4v) is 4.08. The molecular formula is C19H23FN4O. The molecule has 0 spiro atoms. The van der Waals surface area contributed by atoms with Crippen molar-refractivity contribution in [2.45, 2.75) is 32.7 Å². The third kappa shape index (κ3) is 2.79. The van der Waals surface area contributed by atoms with Gasteiger partial charge in [0.05, 0.1) is 11.2 Å². The summed E-state index contributed by atoms with van der Waals surface area (Å²) in [6.07, 6.45) is 1.87. The zero-order chi connectivity index (χ0) is 17.6. The number of nitrogens with one attached hydrogen (secondary N) is 1. The second-order valence-corrected chi connectivity index (χ2v) is 6.98. The van der Waals surface area contributed by atoms with Crippen LogP contribution in [0.2, 0.25) is 0 Å². The number of amides is 2. The molecule has 4 rings (SSSR count). The number of fused-ring (bicyclic) bond motifs is 1. The summed E-state index contributed by atoms with van der Waals surface area (Å²) >= 11 is 0. The number of rotatable bonds is 2. The van der Waals surface area contributed by atoms with Crippen LogP contribution >= 0.6 is 0 Å². The van der Waals surface area contributed by atoms with Gasteiger partial charge < -0.3 is 15.1 Å². The average molecular weight is 342 g/mol. The van der Waals surface area contributed by atoms with Gasteiger partial charge in [-0.15, -0.1) is 0 Å². The fourth-order valence-electron chi connectivity index (χ4n) is 4.08. The first kappa shape index (κ1) is 16.1. The molecule has 0 unspecified atom stereocenters. The highest BCUT2D eigenvalue weighted by Gasteiger charge is 2.31. The van der Waals surface area contributed by atoms with Crippen LogP contribution in [0.5, 0.6) is 0 Å². The molecule has 0 atom stereocenters. The van der Waals surface area contributed by atoms with Crippen molar-refractivity contribution in [3.05, 3.63) is 35.3 Å². The maximum atomic E-state index is 13.8. The highest BCUT2D eigenvalue weighted by molar-refractivity contribution is 5.94. The Morgan fingerprint density at radius 1 is 1.20 bits per heavy atom. The quantitative estimate of drug-likeness (QED) is 0.913. The minimum Gasteiger partial charge on any atom is -0.371 e. The van der Waals surface area contributed by atoms with Gasteiger partial charge in [-0.05, 0) is 50.5 Å². The number of aromatic nitrogens is 1. The lowest BCUT2D eigenvalue weighted by Gasteiger charge is -2.38. The number of urea groups is 1. The van der Waals surface area contributed by atoms with E-state index in [9.17, 15) is 9.18 Å². The number of aryl methyl sites for hydroxylation is 1. The summed E-state index contributed by atoms with van der Waals surface area (Å²) < 4.78 is 13.8. The predicted octanol–water partition coefficient (Wildman–Crippen LogP) is 2.98.